The van der Waals surface area contributed by atoms with Gasteiger partial charge in [-0.3, -0.25) is 0 Å². The molecule has 5 heteroatoms. The Balaban J connectivity index is 2.18. The van der Waals surface area contributed by atoms with Crippen molar-refractivity contribution in [3.8, 4) is 5.75 Å². The van der Waals surface area contributed by atoms with E-state index in [4.69, 9.17) is 22.1 Å². The van der Waals surface area contributed by atoms with Gasteiger partial charge in [0.15, 0.2) is 0 Å². The molecule has 2 rings (SSSR count). The van der Waals surface area contributed by atoms with Crippen LogP contribution in [0.3, 0.4) is 0 Å². The normalized spacial score (nSPS) is 12.2. The fourth-order valence-corrected chi connectivity index (χ4v) is 2.56. The van der Waals surface area contributed by atoms with Crippen LogP contribution in [0.15, 0.2) is 40.9 Å². The van der Waals surface area contributed by atoms with Crippen molar-refractivity contribution in [1.29, 1.82) is 0 Å². The lowest BCUT2D eigenvalue weighted by atomic mass is 10.1. The Morgan fingerprint density at radius 1 is 1.30 bits per heavy atom. The van der Waals surface area contributed by atoms with Crippen molar-refractivity contribution in [1.82, 2.24) is 0 Å². The van der Waals surface area contributed by atoms with E-state index in [1.54, 1.807) is 18.2 Å². The van der Waals surface area contributed by atoms with Gasteiger partial charge in [0.05, 0.1) is 0 Å². The van der Waals surface area contributed by atoms with E-state index < -0.39 is 0 Å². The van der Waals surface area contributed by atoms with Gasteiger partial charge in [0.1, 0.15) is 18.2 Å². The number of rotatable bonds is 4. The van der Waals surface area contributed by atoms with E-state index in [0.29, 0.717) is 15.2 Å². The third kappa shape index (κ3) is 3.95. The van der Waals surface area contributed by atoms with Crippen LogP contribution in [0.4, 0.5) is 4.39 Å². The molecule has 0 bridgehead atoms. The smallest absolute Gasteiger partial charge is 0.124 e. The Labute approximate surface area is 130 Å². The van der Waals surface area contributed by atoms with Crippen LogP contribution in [0.25, 0.3) is 0 Å². The molecule has 1 atom stereocenters. The molecule has 2 aromatic carbocycles. The number of hydrogen-bond donors (Lipinski definition) is 1. The van der Waals surface area contributed by atoms with Gasteiger partial charge in [-0.05, 0) is 48.9 Å². The summed E-state index contributed by atoms with van der Waals surface area (Å²) in [7, 11) is 0. The fourth-order valence-electron chi connectivity index (χ4n) is 1.86. The van der Waals surface area contributed by atoms with Crippen LogP contribution in [-0.4, -0.2) is 0 Å². The molecule has 20 heavy (non-hydrogen) atoms. The van der Waals surface area contributed by atoms with Gasteiger partial charge in [-0.15, -0.1) is 0 Å². The maximum Gasteiger partial charge on any atom is 0.124 e. The lowest BCUT2D eigenvalue weighted by Gasteiger charge is -2.14. The summed E-state index contributed by atoms with van der Waals surface area (Å²) in [5.74, 6) is 0.353. The molecular formula is C15H14BrClFNO. The molecule has 0 aliphatic rings. The van der Waals surface area contributed by atoms with E-state index in [2.05, 4.69) is 15.9 Å². The Bertz CT molecular complexity index is 599. The molecule has 0 fully saturated rings. The van der Waals surface area contributed by atoms with Gasteiger partial charge in [-0.25, -0.2) is 4.39 Å². The lowest BCUT2D eigenvalue weighted by molar-refractivity contribution is 0.301. The average molecular weight is 359 g/mol. The second kappa shape index (κ2) is 6.57. The van der Waals surface area contributed by atoms with Crippen LogP contribution < -0.4 is 10.5 Å². The van der Waals surface area contributed by atoms with Crippen molar-refractivity contribution < 1.29 is 9.13 Å². The molecule has 2 N–H and O–H groups in total. The second-order valence-corrected chi connectivity index (χ2v) is 5.89. The first-order chi connectivity index (χ1) is 9.45. The maximum atomic E-state index is 13.3. The van der Waals surface area contributed by atoms with Gasteiger partial charge >= 0.3 is 0 Å². The van der Waals surface area contributed by atoms with Crippen LogP contribution >= 0.6 is 27.5 Å². The van der Waals surface area contributed by atoms with Gasteiger partial charge in [0.25, 0.3) is 0 Å². The molecule has 0 radical (unpaired) electrons. The fraction of sp³-hybridized carbons (Fsp3) is 0.200. The molecule has 2 nitrogen and oxygen atoms in total. The summed E-state index contributed by atoms with van der Waals surface area (Å²) in [6, 6.07) is 9.75. The van der Waals surface area contributed by atoms with E-state index in [-0.39, 0.29) is 18.5 Å². The molecule has 0 unspecified atom stereocenters. The molecule has 0 saturated carbocycles. The van der Waals surface area contributed by atoms with E-state index in [1.165, 1.54) is 12.1 Å². The number of ether oxygens (including phenoxy) is 1. The molecule has 0 spiro atoms. The first-order valence-electron chi connectivity index (χ1n) is 6.08. The molecule has 0 aromatic heterocycles. The standard InChI is InChI=1S/C15H14BrClFNO/c1-9(19)14-7-12(17)2-3-15(14)20-8-10-4-11(16)6-13(18)5-10/h2-7,9H,8,19H2,1H3/t9-/m0/s1. The van der Waals surface area contributed by atoms with Gasteiger partial charge in [0, 0.05) is 21.1 Å². The monoisotopic (exact) mass is 357 g/mol. The summed E-state index contributed by atoms with van der Waals surface area (Å²) in [5, 5.41) is 0.609. The van der Waals surface area contributed by atoms with E-state index in [9.17, 15) is 4.39 Å². The zero-order chi connectivity index (χ0) is 14.7. The van der Waals surface area contributed by atoms with Gasteiger partial charge < -0.3 is 10.5 Å². The molecule has 0 amide bonds. The number of nitrogens with two attached hydrogens (primary N) is 1. The Kier molecular flexibility index (Phi) is 5.02. The second-order valence-electron chi connectivity index (χ2n) is 4.54. The lowest BCUT2D eigenvalue weighted by Crippen LogP contribution is -2.08. The van der Waals surface area contributed by atoms with Crippen molar-refractivity contribution in [2.24, 2.45) is 5.73 Å². The Morgan fingerprint density at radius 3 is 2.70 bits per heavy atom. The maximum absolute atomic E-state index is 13.3. The largest absolute Gasteiger partial charge is 0.489 e. The molecule has 0 aliphatic heterocycles. The van der Waals surface area contributed by atoms with Crippen molar-refractivity contribution in [3.63, 3.8) is 0 Å². The highest BCUT2D eigenvalue weighted by Gasteiger charge is 2.09. The first kappa shape index (κ1) is 15.3. The minimum absolute atomic E-state index is 0.192. The topological polar surface area (TPSA) is 35.2 Å². The Morgan fingerprint density at radius 2 is 2.05 bits per heavy atom. The summed E-state index contributed by atoms with van der Waals surface area (Å²) in [4.78, 5) is 0. The van der Waals surface area contributed by atoms with Crippen molar-refractivity contribution in [3.05, 3.63) is 62.8 Å². The van der Waals surface area contributed by atoms with E-state index in [0.717, 1.165) is 11.1 Å². The number of hydrogen-bond acceptors (Lipinski definition) is 2. The highest BCUT2D eigenvalue weighted by Crippen LogP contribution is 2.28. The zero-order valence-corrected chi connectivity index (χ0v) is 13.2. The first-order valence-corrected chi connectivity index (χ1v) is 7.25. The zero-order valence-electron chi connectivity index (χ0n) is 10.9. The van der Waals surface area contributed by atoms with Crippen molar-refractivity contribution >= 4 is 27.5 Å². The van der Waals surface area contributed by atoms with E-state index in [1.807, 2.05) is 13.0 Å². The summed E-state index contributed by atoms with van der Waals surface area (Å²) < 4.78 is 19.7. The molecule has 0 aliphatic carbocycles. The van der Waals surface area contributed by atoms with Crippen LogP contribution in [0.2, 0.25) is 5.02 Å². The van der Waals surface area contributed by atoms with Gasteiger partial charge in [-0.1, -0.05) is 27.5 Å². The predicted octanol–water partition coefficient (Wildman–Crippen LogP) is 4.84. The van der Waals surface area contributed by atoms with Crippen molar-refractivity contribution in [2.75, 3.05) is 0 Å². The molecule has 0 heterocycles. The summed E-state index contributed by atoms with van der Waals surface area (Å²) in [5.41, 5.74) is 7.46. The van der Waals surface area contributed by atoms with Gasteiger partial charge in [-0.2, -0.15) is 0 Å². The van der Waals surface area contributed by atoms with Crippen LogP contribution in [0.5, 0.6) is 5.75 Å². The summed E-state index contributed by atoms with van der Waals surface area (Å²) in [6.45, 7) is 2.12. The summed E-state index contributed by atoms with van der Waals surface area (Å²) in [6.07, 6.45) is 0. The predicted molar refractivity (Wildman–Crippen MR) is 82.5 cm³/mol. The number of benzene rings is 2. The Hall–Kier alpha value is -1.10. The number of halogens is 3. The molecule has 106 valence electrons. The summed E-state index contributed by atoms with van der Waals surface area (Å²) >= 11 is 9.21. The highest BCUT2D eigenvalue weighted by atomic mass is 79.9. The quantitative estimate of drug-likeness (QED) is 0.848. The van der Waals surface area contributed by atoms with Crippen LogP contribution in [0.1, 0.15) is 24.1 Å². The third-order valence-corrected chi connectivity index (χ3v) is 3.47. The van der Waals surface area contributed by atoms with Crippen LogP contribution in [0, 0.1) is 5.82 Å². The molecule has 0 saturated heterocycles. The van der Waals surface area contributed by atoms with Crippen molar-refractivity contribution in [2.45, 2.75) is 19.6 Å². The molecule has 2 aromatic rings. The van der Waals surface area contributed by atoms with Gasteiger partial charge in [0.2, 0.25) is 0 Å². The van der Waals surface area contributed by atoms with E-state index >= 15 is 0 Å². The average Bonchev–Trinajstić information content (AvgIpc) is 2.36. The SMILES string of the molecule is C[C@H](N)c1cc(Cl)ccc1OCc1cc(F)cc(Br)c1. The highest BCUT2D eigenvalue weighted by molar-refractivity contribution is 9.10. The molecular weight excluding hydrogens is 345 g/mol. The van der Waals surface area contributed by atoms with Crippen LogP contribution in [-0.2, 0) is 6.61 Å². The minimum Gasteiger partial charge on any atom is -0.489 e. The minimum atomic E-state index is -0.304. The third-order valence-electron chi connectivity index (χ3n) is 2.78.